The fourth-order valence-corrected chi connectivity index (χ4v) is 1.32. The van der Waals surface area contributed by atoms with Crippen LogP contribution in [-0.2, 0) is 4.74 Å². The molecule has 0 spiro atoms. The van der Waals surface area contributed by atoms with Crippen LogP contribution in [0.15, 0.2) is 12.2 Å². The van der Waals surface area contributed by atoms with Gasteiger partial charge in [-0.2, -0.15) is 0 Å². The monoisotopic (exact) mass is 126 g/mol. The van der Waals surface area contributed by atoms with Crippen molar-refractivity contribution in [1.82, 2.24) is 0 Å². The van der Waals surface area contributed by atoms with E-state index in [2.05, 4.69) is 19.1 Å². The highest BCUT2D eigenvalue weighted by molar-refractivity contribution is 5.00. The number of ether oxygens (including phenoxy) is 1. The second kappa shape index (κ2) is 3.02. The van der Waals surface area contributed by atoms with Crippen molar-refractivity contribution in [2.45, 2.75) is 13.3 Å². The molecule has 0 saturated heterocycles. The lowest BCUT2D eigenvalue weighted by molar-refractivity contribution is 0.166. The van der Waals surface area contributed by atoms with Crippen LogP contribution in [-0.4, -0.2) is 13.7 Å². The number of hydrogen-bond donors (Lipinski definition) is 0. The predicted octanol–water partition coefficient (Wildman–Crippen LogP) is 1.85. The van der Waals surface area contributed by atoms with Crippen molar-refractivity contribution < 1.29 is 4.74 Å². The lowest BCUT2D eigenvalue weighted by Gasteiger charge is -2.05. The van der Waals surface area contributed by atoms with Crippen molar-refractivity contribution in [2.75, 3.05) is 13.7 Å². The van der Waals surface area contributed by atoms with Gasteiger partial charge >= 0.3 is 0 Å². The highest BCUT2D eigenvalue weighted by Crippen LogP contribution is 2.22. The van der Waals surface area contributed by atoms with Crippen LogP contribution in [0.25, 0.3) is 0 Å². The molecule has 0 N–H and O–H groups in total. The van der Waals surface area contributed by atoms with Crippen LogP contribution in [0.2, 0.25) is 0 Å². The molecule has 2 atom stereocenters. The molecule has 9 heavy (non-hydrogen) atoms. The van der Waals surface area contributed by atoms with E-state index in [0.717, 1.165) is 12.5 Å². The number of allylic oxidation sites excluding steroid dienone is 1. The number of rotatable bonds is 2. The van der Waals surface area contributed by atoms with E-state index < -0.39 is 0 Å². The van der Waals surface area contributed by atoms with Gasteiger partial charge in [-0.15, -0.1) is 0 Å². The molecule has 0 heterocycles. The van der Waals surface area contributed by atoms with Crippen molar-refractivity contribution in [1.29, 1.82) is 0 Å². The summed E-state index contributed by atoms with van der Waals surface area (Å²) in [5.41, 5.74) is 0. The highest BCUT2D eigenvalue weighted by Gasteiger charge is 2.13. The van der Waals surface area contributed by atoms with Crippen LogP contribution in [0.5, 0.6) is 0 Å². The van der Waals surface area contributed by atoms with Gasteiger partial charge in [0.15, 0.2) is 0 Å². The Labute approximate surface area is 56.7 Å². The van der Waals surface area contributed by atoms with Crippen LogP contribution in [0.3, 0.4) is 0 Å². The molecule has 0 aromatic carbocycles. The van der Waals surface area contributed by atoms with Crippen LogP contribution in [0.1, 0.15) is 13.3 Å². The molecule has 0 aromatic rings. The summed E-state index contributed by atoms with van der Waals surface area (Å²) in [6.07, 6.45) is 5.80. The van der Waals surface area contributed by atoms with Crippen molar-refractivity contribution in [2.24, 2.45) is 11.8 Å². The Morgan fingerprint density at radius 2 is 2.33 bits per heavy atom. The molecule has 1 aliphatic rings. The Hall–Kier alpha value is -0.300. The fourth-order valence-electron chi connectivity index (χ4n) is 1.32. The quantitative estimate of drug-likeness (QED) is 0.513. The largest absolute Gasteiger partial charge is 0.384 e. The zero-order chi connectivity index (χ0) is 6.69. The average molecular weight is 126 g/mol. The Bertz CT molecular complexity index is 107. The van der Waals surface area contributed by atoms with Gasteiger partial charge in [-0.25, -0.2) is 0 Å². The SMILES string of the molecule is COCC1C=CC(C)C1. The van der Waals surface area contributed by atoms with Gasteiger partial charge in [0, 0.05) is 13.0 Å². The molecule has 0 aliphatic heterocycles. The molecule has 0 aromatic heterocycles. The Balaban J connectivity index is 2.24. The van der Waals surface area contributed by atoms with Gasteiger partial charge in [0.05, 0.1) is 6.61 Å². The summed E-state index contributed by atoms with van der Waals surface area (Å²) in [4.78, 5) is 0. The first-order valence-corrected chi connectivity index (χ1v) is 3.50. The maximum absolute atomic E-state index is 5.02. The van der Waals surface area contributed by atoms with E-state index in [1.807, 2.05) is 0 Å². The van der Waals surface area contributed by atoms with Crippen molar-refractivity contribution >= 4 is 0 Å². The minimum absolute atomic E-state index is 0.685. The second-order valence-electron chi connectivity index (χ2n) is 2.81. The van der Waals surface area contributed by atoms with Crippen molar-refractivity contribution in [3.05, 3.63) is 12.2 Å². The van der Waals surface area contributed by atoms with Gasteiger partial charge in [0.25, 0.3) is 0 Å². The number of hydrogen-bond acceptors (Lipinski definition) is 1. The summed E-state index contributed by atoms with van der Waals surface area (Å²) in [5, 5.41) is 0. The lowest BCUT2D eigenvalue weighted by atomic mass is 10.1. The molecule has 0 fully saturated rings. The third-order valence-corrected chi connectivity index (χ3v) is 1.77. The molecule has 1 rings (SSSR count). The average Bonchev–Trinajstić information content (AvgIpc) is 2.17. The first kappa shape index (κ1) is 6.81. The van der Waals surface area contributed by atoms with Gasteiger partial charge in [0.2, 0.25) is 0 Å². The summed E-state index contributed by atoms with van der Waals surface area (Å²) in [6.45, 7) is 3.13. The van der Waals surface area contributed by atoms with Gasteiger partial charge in [0.1, 0.15) is 0 Å². The highest BCUT2D eigenvalue weighted by atomic mass is 16.5. The first-order chi connectivity index (χ1) is 4.33. The minimum Gasteiger partial charge on any atom is -0.384 e. The zero-order valence-electron chi connectivity index (χ0n) is 6.13. The standard InChI is InChI=1S/C8H14O/c1-7-3-4-8(5-7)6-9-2/h3-4,7-8H,5-6H2,1-2H3. The van der Waals surface area contributed by atoms with Crippen molar-refractivity contribution in [3.8, 4) is 0 Å². The van der Waals surface area contributed by atoms with Crippen molar-refractivity contribution in [3.63, 3.8) is 0 Å². The van der Waals surface area contributed by atoms with Crippen LogP contribution in [0.4, 0.5) is 0 Å². The summed E-state index contributed by atoms with van der Waals surface area (Å²) < 4.78 is 5.02. The molecule has 1 nitrogen and oxygen atoms in total. The third-order valence-electron chi connectivity index (χ3n) is 1.77. The van der Waals surface area contributed by atoms with Gasteiger partial charge in [-0.3, -0.25) is 0 Å². The maximum Gasteiger partial charge on any atom is 0.0525 e. The fraction of sp³-hybridized carbons (Fsp3) is 0.750. The molecular formula is C8H14O. The van der Waals surface area contributed by atoms with E-state index in [-0.39, 0.29) is 0 Å². The third kappa shape index (κ3) is 1.83. The summed E-state index contributed by atoms with van der Waals surface area (Å²) in [7, 11) is 1.76. The zero-order valence-corrected chi connectivity index (χ0v) is 6.13. The van der Waals surface area contributed by atoms with E-state index in [1.54, 1.807) is 7.11 Å². The Kier molecular flexibility index (Phi) is 2.29. The molecular weight excluding hydrogens is 112 g/mol. The van der Waals surface area contributed by atoms with Gasteiger partial charge in [-0.05, 0) is 12.3 Å². The second-order valence-corrected chi connectivity index (χ2v) is 2.81. The van der Waals surface area contributed by atoms with E-state index in [9.17, 15) is 0 Å². The molecule has 0 radical (unpaired) electrons. The summed E-state index contributed by atoms with van der Waals surface area (Å²) >= 11 is 0. The van der Waals surface area contributed by atoms with Gasteiger partial charge < -0.3 is 4.74 Å². The normalized spacial score (nSPS) is 33.6. The van der Waals surface area contributed by atoms with E-state index in [0.29, 0.717) is 5.92 Å². The van der Waals surface area contributed by atoms with Crippen LogP contribution >= 0.6 is 0 Å². The summed E-state index contributed by atoms with van der Waals surface area (Å²) in [5.74, 6) is 1.45. The lowest BCUT2D eigenvalue weighted by Crippen LogP contribution is -2.02. The topological polar surface area (TPSA) is 9.23 Å². The van der Waals surface area contributed by atoms with E-state index >= 15 is 0 Å². The van der Waals surface area contributed by atoms with Crippen LogP contribution in [0, 0.1) is 11.8 Å². The predicted molar refractivity (Wildman–Crippen MR) is 38.3 cm³/mol. The molecule has 2 unspecified atom stereocenters. The molecule has 52 valence electrons. The molecule has 1 heteroatoms. The van der Waals surface area contributed by atoms with E-state index in [4.69, 9.17) is 4.74 Å². The molecule has 1 aliphatic carbocycles. The van der Waals surface area contributed by atoms with E-state index in [1.165, 1.54) is 6.42 Å². The molecule has 0 amide bonds. The molecule has 0 bridgehead atoms. The Morgan fingerprint density at radius 1 is 1.56 bits per heavy atom. The molecule has 0 saturated carbocycles. The first-order valence-electron chi connectivity index (χ1n) is 3.50. The number of methoxy groups -OCH3 is 1. The summed E-state index contributed by atoms with van der Waals surface area (Å²) in [6, 6.07) is 0. The maximum atomic E-state index is 5.02. The van der Waals surface area contributed by atoms with Crippen LogP contribution < -0.4 is 0 Å². The smallest absolute Gasteiger partial charge is 0.0525 e. The minimum atomic E-state index is 0.685. The van der Waals surface area contributed by atoms with Gasteiger partial charge in [-0.1, -0.05) is 19.1 Å². The Morgan fingerprint density at radius 3 is 2.78 bits per heavy atom.